The van der Waals surface area contributed by atoms with Gasteiger partial charge in [0, 0.05) is 38.3 Å². The van der Waals surface area contributed by atoms with Gasteiger partial charge in [0.15, 0.2) is 0 Å². The summed E-state index contributed by atoms with van der Waals surface area (Å²) >= 11 is 0. The number of carbonyl (C=O) groups is 1. The van der Waals surface area contributed by atoms with Gasteiger partial charge in [-0.15, -0.1) is 0 Å². The Bertz CT molecular complexity index is 1050. The van der Waals surface area contributed by atoms with Gasteiger partial charge in [-0.1, -0.05) is 24.3 Å². The Hall–Kier alpha value is -2.33. The molecule has 0 atom stereocenters. The standard InChI is InChI=1S/C23H27FN2O5S/c24-19-7-5-18(6-8-19)23(9-13-30-14-10-23)17-25-22(27)20-3-1-2-4-21(20)32(28,29)26-11-15-31-16-12-26/h1-8H,9-17H2,(H,25,27). The summed E-state index contributed by atoms with van der Waals surface area (Å²) in [6.45, 7) is 2.54. The molecule has 4 rings (SSSR count). The van der Waals surface area contributed by atoms with Crippen molar-refractivity contribution in [2.75, 3.05) is 46.1 Å². The number of rotatable bonds is 6. The van der Waals surface area contributed by atoms with Crippen LogP contribution in [0.4, 0.5) is 4.39 Å². The molecule has 1 N–H and O–H groups in total. The molecule has 0 bridgehead atoms. The Morgan fingerprint density at radius 1 is 0.969 bits per heavy atom. The quantitative estimate of drug-likeness (QED) is 0.712. The lowest BCUT2D eigenvalue weighted by atomic mass is 9.74. The van der Waals surface area contributed by atoms with Crippen LogP contribution in [0, 0.1) is 5.82 Å². The lowest BCUT2D eigenvalue weighted by Crippen LogP contribution is -2.45. The second-order valence-electron chi connectivity index (χ2n) is 8.09. The third kappa shape index (κ3) is 4.71. The summed E-state index contributed by atoms with van der Waals surface area (Å²) in [5.41, 5.74) is 0.636. The third-order valence-electron chi connectivity index (χ3n) is 6.21. The zero-order valence-electron chi connectivity index (χ0n) is 17.8. The molecule has 7 nitrogen and oxygen atoms in total. The number of morpholine rings is 1. The van der Waals surface area contributed by atoms with Crippen molar-refractivity contribution in [3.8, 4) is 0 Å². The van der Waals surface area contributed by atoms with Gasteiger partial charge in [-0.25, -0.2) is 12.8 Å². The number of ether oxygens (including phenoxy) is 2. The first-order valence-electron chi connectivity index (χ1n) is 10.7. The zero-order chi connectivity index (χ0) is 22.6. The monoisotopic (exact) mass is 462 g/mol. The molecule has 2 saturated heterocycles. The Balaban J connectivity index is 1.57. The molecule has 2 heterocycles. The molecule has 0 aromatic heterocycles. The number of hydrogen-bond acceptors (Lipinski definition) is 5. The Kier molecular flexibility index (Phi) is 6.90. The van der Waals surface area contributed by atoms with Gasteiger partial charge < -0.3 is 14.8 Å². The normalized spacial score (nSPS) is 19.4. The second kappa shape index (κ2) is 9.66. The molecular formula is C23H27FN2O5S. The highest BCUT2D eigenvalue weighted by Gasteiger charge is 2.36. The van der Waals surface area contributed by atoms with Gasteiger partial charge in [0.05, 0.1) is 23.7 Å². The number of carbonyl (C=O) groups excluding carboxylic acids is 1. The van der Waals surface area contributed by atoms with E-state index in [0.717, 1.165) is 5.56 Å². The summed E-state index contributed by atoms with van der Waals surface area (Å²) < 4.78 is 51.9. The summed E-state index contributed by atoms with van der Waals surface area (Å²) in [5.74, 6) is -0.771. The Morgan fingerprint density at radius 3 is 2.28 bits per heavy atom. The molecule has 2 aliphatic rings. The number of amides is 1. The molecule has 2 fully saturated rings. The van der Waals surface area contributed by atoms with Crippen molar-refractivity contribution in [2.45, 2.75) is 23.2 Å². The van der Waals surface area contributed by atoms with Crippen LogP contribution in [0.3, 0.4) is 0 Å². The average Bonchev–Trinajstić information content (AvgIpc) is 2.84. The van der Waals surface area contributed by atoms with Crippen LogP contribution < -0.4 is 5.32 Å². The molecule has 2 aliphatic heterocycles. The van der Waals surface area contributed by atoms with Crippen molar-refractivity contribution in [2.24, 2.45) is 0 Å². The van der Waals surface area contributed by atoms with Gasteiger partial charge in [0.1, 0.15) is 5.82 Å². The first-order chi connectivity index (χ1) is 15.4. The lowest BCUT2D eigenvalue weighted by Gasteiger charge is -2.38. The van der Waals surface area contributed by atoms with Gasteiger partial charge >= 0.3 is 0 Å². The summed E-state index contributed by atoms with van der Waals surface area (Å²) in [6.07, 6.45) is 1.35. The van der Waals surface area contributed by atoms with E-state index in [-0.39, 0.29) is 29.4 Å². The van der Waals surface area contributed by atoms with E-state index in [2.05, 4.69) is 5.32 Å². The maximum Gasteiger partial charge on any atom is 0.252 e. The van der Waals surface area contributed by atoms with Gasteiger partial charge in [-0.3, -0.25) is 4.79 Å². The molecule has 1 amide bonds. The number of nitrogens with zero attached hydrogens (tertiary/aromatic N) is 1. The molecule has 0 radical (unpaired) electrons. The minimum atomic E-state index is -3.82. The molecule has 32 heavy (non-hydrogen) atoms. The molecule has 9 heteroatoms. The molecule has 2 aromatic rings. The lowest BCUT2D eigenvalue weighted by molar-refractivity contribution is 0.0486. The van der Waals surface area contributed by atoms with E-state index >= 15 is 0 Å². The molecule has 2 aromatic carbocycles. The highest BCUT2D eigenvalue weighted by Crippen LogP contribution is 2.34. The number of nitrogens with one attached hydrogen (secondary N) is 1. The molecule has 0 spiro atoms. The number of sulfonamides is 1. The largest absolute Gasteiger partial charge is 0.381 e. The minimum Gasteiger partial charge on any atom is -0.381 e. The smallest absolute Gasteiger partial charge is 0.252 e. The fourth-order valence-corrected chi connectivity index (χ4v) is 5.88. The van der Waals surface area contributed by atoms with Crippen LogP contribution in [0.2, 0.25) is 0 Å². The van der Waals surface area contributed by atoms with Crippen LogP contribution in [0.5, 0.6) is 0 Å². The molecule has 0 aliphatic carbocycles. The molecule has 0 saturated carbocycles. The van der Waals surface area contributed by atoms with Gasteiger partial charge in [0.2, 0.25) is 10.0 Å². The molecule has 172 valence electrons. The first kappa shape index (κ1) is 22.8. The minimum absolute atomic E-state index is 0.0118. The van der Waals surface area contributed by atoms with E-state index in [1.165, 1.54) is 28.6 Å². The van der Waals surface area contributed by atoms with E-state index < -0.39 is 21.3 Å². The van der Waals surface area contributed by atoms with Crippen molar-refractivity contribution < 1.29 is 27.1 Å². The maximum absolute atomic E-state index is 13.5. The highest BCUT2D eigenvalue weighted by atomic mass is 32.2. The van der Waals surface area contributed by atoms with Gasteiger partial charge in [-0.2, -0.15) is 4.31 Å². The summed E-state index contributed by atoms with van der Waals surface area (Å²) in [5, 5.41) is 2.94. The Morgan fingerprint density at radius 2 is 1.59 bits per heavy atom. The fraction of sp³-hybridized carbons (Fsp3) is 0.435. The van der Waals surface area contributed by atoms with Crippen molar-refractivity contribution in [1.82, 2.24) is 9.62 Å². The van der Waals surface area contributed by atoms with Crippen LogP contribution in [0.15, 0.2) is 53.4 Å². The molecular weight excluding hydrogens is 435 g/mol. The SMILES string of the molecule is O=C(NCC1(c2ccc(F)cc2)CCOCC1)c1ccccc1S(=O)(=O)N1CCOCC1. The highest BCUT2D eigenvalue weighted by molar-refractivity contribution is 7.89. The van der Waals surface area contributed by atoms with Gasteiger partial charge in [0.25, 0.3) is 5.91 Å². The van der Waals surface area contributed by atoms with Crippen LogP contribution in [-0.4, -0.2) is 64.7 Å². The van der Waals surface area contributed by atoms with Crippen LogP contribution in [0.25, 0.3) is 0 Å². The predicted octanol–water partition coefficient (Wildman–Crippen LogP) is 2.32. The topological polar surface area (TPSA) is 84.9 Å². The number of benzene rings is 2. The number of halogens is 1. The Labute approximate surface area is 187 Å². The molecule has 0 unspecified atom stereocenters. The van der Waals surface area contributed by atoms with Crippen molar-refractivity contribution in [3.63, 3.8) is 0 Å². The van der Waals surface area contributed by atoms with Crippen molar-refractivity contribution >= 4 is 15.9 Å². The summed E-state index contributed by atoms with van der Waals surface area (Å²) in [4.78, 5) is 13.1. The van der Waals surface area contributed by atoms with Crippen molar-refractivity contribution in [1.29, 1.82) is 0 Å². The zero-order valence-corrected chi connectivity index (χ0v) is 18.6. The fourth-order valence-electron chi connectivity index (χ4n) is 4.28. The van der Waals surface area contributed by atoms with Crippen LogP contribution >= 0.6 is 0 Å². The summed E-state index contributed by atoms with van der Waals surface area (Å²) in [7, 11) is -3.82. The first-order valence-corrected chi connectivity index (χ1v) is 12.2. The second-order valence-corrected chi connectivity index (χ2v) is 10.0. The van der Waals surface area contributed by atoms with E-state index in [1.54, 1.807) is 24.3 Å². The average molecular weight is 463 g/mol. The van der Waals surface area contributed by atoms with E-state index in [0.29, 0.717) is 45.8 Å². The van der Waals surface area contributed by atoms with E-state index in [4.69, 9.17) is 9.47 Å². The van der Waals surface area contributed by atoms with Gasteiger partial charge in [-0.05, 0) is 42.7 Å². The van der Waals surface area contributed by atoms with E-state index in [1.807, 2.05) is 0 Å². The summed E-state index contributed by atoms with van der Waals surface area (Å²) in [6, 6.07) is 12.6. The maximum atomic E-state index is 13.5. The third-order valence-corrected chi connectivity index (χ3v) is 8.17. The predicted molar refractivity (Wildman–Crippen MR) is 116 cm³/mol. The van der Waals surface area contributed by atoms with E-state index in [9.17, 15) is 17.6 Å². The van der Waals surface area contributed by atoms with Crippen molar-refractivity contribution in [3.05, 3.63) is 65.5 Å². The van der Waals surface area contributed by atoms with Crippen LogP contribution in [0.1, 0.15) is 28.8 Å². The van der Waals surface area contributed by atoms with Crippen LogP contribution in [-0.2, 0) is 24.9 Å². The number of hydrogen-bond donors (Lipinski definition) is 1.